The summed E-state index contributed by atoms with van der Waals surface area (Å²) in [6.45, 7) is 6.38. The molecular weight excluding hydrogens is 581 g/mol. The number of rotatable bonds is 10. The molecule has 0 unspecified atom stereocenters. The first-order valence-electron chi connectivity index (χ1n) is 12.2. The maximum absolute atomic E-state index is 13.9. The van der Waals surface area contributed by atoms with Crippen LogP contribution in [0.1, 0.15) is 31.9 Å². The molecule has 1 N–H and O–H groups in total. The monoisotopic (exact) mass is 609 g/mol. The van der Waals surface area contributed by atoms with Gasteiger partial charge in [0.15, 0.2) is 0 Å². The van der Waals surface area contributed by atoms with Gasteiger partial charge >= 0.3 is 0 Å². The fourth-order valence-electron chi connectivity index (χ4n) is 3.95. The van der Waals surface area contributed by atoms with Crippen molar-refractivity contribution in [3.8, 4) is 0 Å². The van der Waals surface area contributed by atoms with E-state index in [0.29, 0.717) is 31.9 Å². The number of halogens is 3. The number of carbonyl (C=O) groups excluding carboxylic acids is 2. The van der Waals surface area contributed by atoms with Crippen molar-refractivity contribution in [2.24, 2.45) is 0 Å². The minimum absolute atomic E-state index is 0.00122. The molecular formula is C28H30Cl3N3O4S. The van der Waals surface area contributed by atoms with Crippen LogP contribution in [0.4, 0.5) is 5.69 Å². The van der Waals surface area contributed by atoms with E-state index in [-0.39, 0.29) is 23.4 Å². The second-order valence-corrected chi connectivity index (χ2v) is 12.5. The van der Waals surface area contributed by atoms with Crippen molar-refractivity contribution < 1.29 is 18.0 Å². The standard InChI is InChI=1S/C28H30Cl3N3O4S/c1-18(2)32-28(36)20(4)33(16-21-10-12-24(30)25(31)15-21)27(35)17-34(26-13-11-22(29)14-19(26)3)39(37,38)23-8-6-5-7-9-23/h5-15,18,20H,16-17H2,1-4H3,(H,32,36)/t20-/m1/s1. The van der Waals surface area contributed by atoms with Gasteiger partial charge in [-0.15, -0.1) is 0 Å². The van der Waals surface area contributed by atoms with Crippen LogP contribution in [0.25, 0.3) is 0 Å². The average Bonchev–Trinajstić information content (AvgIpc) is 2.87. The Bertz CT molecular complexity index is 1450. The van der Waals surface area contributed by atoms with Gasteiger partial charge in [0, 0.05) is 17.6 Å². The Hall–Kier alpha value is -2.78. The molecule has 0 aliphatic carbocycles. The first kappa shape index (κ1) is 30.8. The average molecular weight is 611 g/mol. The lowest BCUT2D eigenvalue weighted by atomic mass is 10.1. The van der Waals surface area contributed by atoms with Crippen LogP contribution in [0.3, 0.4) is 0 Å². The largest absolute Gasteiger partial charge is 0.352 e. The first-order valence-corrected chi connectivity index (χ1v) is 14.8. The Labute approximate surface area is 244 Å². The van der Waals surface area contributed by atoms with Gasteiger partial charge in [0.05, 0.1) is 20.6 Å². The Balaban J connectivity index is 2.07. The van der Waals surface area contributed by atoms with Crippen LogP contribution >= 0.6 is 34.8 Å². The van der Waals surface area contributed by atoms with Gasteiger partial charge in [-0.25, -0.2) is 8.42 Å². The van der Waals surface area contributed by atoms with E-state index in [9.17, 15) is 18.0 Å². The Morgan fingerprint density at radius 3 is 2.15 bits per heavy atom. The molecule has 0 aliphatic heterocycles. The third kappa shape index (κ3) is 7.66. The molecule has 0 aliphatic rings. The number of hydrogen-bond donors (Lipinski definition) is 1. The minimum atomic E-state index is -4.16. The number of benzene rings is 3. The molecule has 0 heterocycles. The molecule has 39 heavy (non-hydrogen) atoms. The summed E-state index contributed by atoms with van der Waals surface area (Å²) in [5.74, 6) is -0.958. The third-order valence-electron chi connectivity index (χ3n) is 5.97. The lowest BCUT2D eigenvalue weighted by molar-refractivity contribution is -0.139. The van der Waals surface area contributed by atoms with Crippen molar-refractivity contribution in [2.75, 3.05) is 10.8 Å². The summed E-state index contributed by atoms with van der Waals surface area (Å²) < 4.78 is 28.7. The van der Waals surface area contributed by atoms with E-state index in [1.165, 1.54) is 17.0 Å². The maximum atomic E-state index is 13.9. The molecule has 0 radical (unpaired) electrons. The van der Waals surface area contributed by atoms with Gasteiger partial charge in [0.25, 0.3) is 10.0 Å². The highest BCUT2D eigenvalue weighted by molar-refractivity contribution is 7.92. The molecule has 2 amide bonds. The van der Waals surface area contributed by atoms with Crippen LogP contribution in [0, 0.1) is 6.92 Å². The summed E-state index contributed by atoms with van der Waals surface area (Å²) in [6, 6.07) is 16.4. The number of nitrogens with one attached hydrogen (secondary N) is 1. The molecule has 11 heteroatoms. The summed E-state index contributed by atoms with van der Waals surface area (Å²) in [5, 5.41) is 3.89. The molecule has 3 rings (SSSR count). The van der Waals surface area contributed by atoms with E-state index in [1.54, 1.807) is 68.4 Å². The second kappa shape index (κ2) is 13.0. The summed E-state index contributed by atoms with van der Waals surface area (Å²) >= 11 is 18.4. The van der Waals surface area contributed by atoms with Crippen LogP contribution in [-0.4, -0.2) is 43.8 Å². The Morgan fingerprint density at radius 2 is 1.56 bits per heavy atom. The van der Waals surface area contributed by atoms with Crippen LogP contribution in [0.5, 0.6) is 0 Å². The maximum Gasteiger partial charge on any atom is 0.264 e. The van der Waals surface area contributed by atoms with Gasteiger partial charge in [-0.2, -0.15) is 0 Å². The SMILES string of the molecule is Cc1cc(Cl)ccc1N(CC(=O)N(Cc1ccc(Cl)c(Cl)c1)[C@H](C)C(=O)NC(C)C)S(=O)(=O)c1ccccc1. The fourth-order valence-corrected chi connectivity index (χ4v) is 6.00. The normalized spacial score (nSPS) is 12.2. The quantitative estimate of drug-likeness (QED) is 0.301. The number of hydrogen-bond acceptors (Lipinski definition) is 4. The van der Waals surface area contributed by atoms with Crippen LogP contribution in [0.15, 0.2) is 71.6 Å². The second-order valence-electron chi connectivity index (χ2n) is 9.36. The predicted molar refractivity (Wildman–Crippen MR) is 157 cm³/mol. The number of carbonyl (C=O) groups is 2. The molecule has 0 bridgehead atoms. The van der Waals surface area contributed by atoms with Gasteiger partial charge < -0.3 is 10.2 Å². The van der Waals surface area contributed by atoms with E-state index in [4.69, 9.17) is 34.8 Å². The van der Waals surface area contributed by atoms with Crippen LogP contribution < -0.4 is 9.62 Å². The van der Waals surface area contributed by atoms with Gasteiger partial charge in [-0.1, -0.05) is 59.1 Å². The van der Waals surface area contributed by atoms with E-state index in [0.717, 1.165) is 4.31 Å². The zero-order valence-corrected chi connectivity index (χ0v) is 25.1. The van der Waals surface area contributed by atoms with Crippen molar-refractivity contribution in [1.82, 2.24) is 10.2 Å². The summed E-state index contributed by atoms with van der Waals surface area (Å²) in [7, 11) is -4.16. The molecule has 0 saturated heterocycles. The van der Waals surface area contributed by atoms with Crippen molar-refractivity contribution in [3.05, 3.63) is 92.9 Å². The van der Waals surface area contributed by atoms with Crippen molar-refractivity contribution >= 4 is 62.3 Å². The van der Waals surface area contributed by atoms with E-state index >= 15 is 0 Å². The molecule has 0 spiro atoms. The molecule has 0 fully saturated rings. The van der Waals surface area contributed by atoms with Crippen LogP contribution in [0.2, 0.25) is 15.1 Å². The lowest BCUT2D eigenvalue weighted by Gasteiger charge is -2.32. The summed E-state index contributed by atoms with van der Waals surface area (Å²) in [4.78, 5) is 28.3. The summed E-state index contributed by atoms with van der Waals surface area (Å²) in [5.41, 5.74) is 1.49. The Kier molecular flexibility index (Phi) is 10.3. The minimum Gasteiger partial charge on any atom is -0.352 e. The first-order chi connectivity index (χ1) is 18.3. The van der Waals surface area contributed by atoms with Crippen molar-refractivity contribution in [3.63, 3.8) is 0 Å². The highest BCUT2D eigenvalue weighted by atomic mass is 35.5. The van der Waals surface area contributed by atoms with Crippen molar-refractivity contribution in [1.29, 1.82) is 0 Å². The third-order valence-corrected chi connectivity index (χ3v) is 8.72. The lowest BCUT2D eigenvalue weighted by Crippen LogP contribution is -2.52. The van der Waals surface area contributed by atoms with Gasteiger partial charge in [-0.3, -0.25) is 13.9 Å². The number of sulfonamides is 1. The summed E-state index contributed by atoms with van der Waals surface area (Å²) in [6.07, 6.45) is 0. The number of amides is 2. The molecule has 1 atom stereocenters. The highest BCUT2D eigenvalue weighted by Gasteiger charge is 2.33. The Morgan fingerprint density at radius 1 is 0.897 bits per heavy atom. The highest BCUT2D eigenvalue weighted by Crippen LogP contribution is 2.30. The number of aryl methyl sites for hydroxylation is 1. The molecule has 208 valence electrons. The van der Waals surface area contributed by atoms with Gasteiger partial charge in [0.1, 0.15) is 12.6 Å². The van der Waals surface area contributed by atoms with Gasteiger partial charge in [-0.05, 0) is 81.3 Å². The van der Waals surface area contributed by atoms with E-state index < -0.39 is 28.5 Å². The molecule has 7 nitrogen and oxygen atoms in total. The molecule has 0 aromatic heterocycles. The zero-order chi connectivity index (χ0) is 28.9. The number of anilines is 1. The van der Waals surface area contributed by atoms with Gasteiger partial charge in [0.2, 0.25) is 11.8 Å². The predicted octanol–water partition coefficient (Wildman–Crippen LogP) is 6.09. The topological polar surface area (TPSA) is 86.8 Å². The number of nitrogens with zero attached hydrogens (tertiary/aromatic N) is 2. The zero-order valence-electron chi connectivity index (χ0n) is 22.0. The molecule has 0 saturated carbocycles. The molecule has 3 aromatic rings. The van der Waals surface area contributed by atoms with E-state index in [1.807, 2.05) is 13.8 Å². The van der Waals surface area contributed by atoms with Crippen molar-refractivity contribution in [2.45, 2.75) is 51.2 Å². The van der Waals surface area contributed by atoms with E-state index in [2.05, 4.69) is 5.32 Å². The van der Waals surface area contributed by atoms with Crippen LogP contribution in [-0.2, 0) is 26.2 Å². The smallest absolute Gasteiger partial charge is 0.264 e. The fraction of sp³-hybridized carbons (Fsp3) is 0.286. The molecule has 3 aromatic carbocycles.